The Morgan fingerprint density at radius 3 is 2.67 bits per heavy atom. The van der Waals surface area contributed by atoms with Gasteiger partial charge < -0.3 is 15.0 Å². The normalized spacial score (nSPS) is 11.5. The van der Waals surface area contributed by atoms with Gasteiger partial charge in [-0.25, -0.2) is 0 Å². The molecule has 2 N–H and O–H groups in total. The van der Waals surface area contributed by atoms with E-state index >= 15 is 0 Å². The van der Waals surface area contributed by atoms with Crippen LogP contribution in [0.5, 0.6) is 0 Å². The summed E-state index contributed by atoms with van der Waals surface area (Å²) in [5, 5.41) is 10.1. The highest BCUT2D eigenvalue weighted by molar-refractivity contribution is 6.30. The summed E-state index contributed by atoms with van der Waals surface area (Å²) in [6.07, 6.45) is 1.55. The number of nitrogens with one attached hydrogen (secondary N) is 1. The van der Waals surface area contributed by atoms with Crippen molar-refractivity contribution in [1.82, 2.24) is 9.88 Å². The first kappa shape index (κ1) is 12.1. The van der Waals surface area contributed by atoms with Gasteiger partial charge in [-0.2, -0.15) is 0 Å². The van der Waals surface area contributed by atoms with E-state index in [-0.39, 0.29) is 12.5 Å². The molecule has 15 heavy (non-hydrogen) atoms. The summed E-state index contributed by atoms with van der Waals surface area (Å²) in [6, 6.07) is 1.56. The maximum Gasteiger partial charge on any atom is 0.270 e. The summed E-state index contributed by atoms with van der Waals surface area (Å²) >= 11 is 5.69. The molecule has 0 unspecified atom stereocenters. The number of aliphatic hydroxyl groups is 1. The molecule has 0 atom stereocenters. The number of hydrogen-bond acceptors (Lipinski definition) is 2. The van der Waals surface area contributed by atoms with Crippen LogP contribution in [0.25, 0.3) is 0 Å². The van der Waals surface area contributed by atoms with Gasteiger partial charge in [-0.3, -0.25) is 4.79 Å². The summed E-state index contributed by atoms with van der Waals surface area (Å²) in [7, 11) is 1.63. The van der Waals surface area contributed by atoms with Crippen LogP contribution in [-0.2, 0) is 0 Å². The number of H-pyrrole nitrogens is 1. The Bertz CT molecular complexity index is 355. The summed E-state index contributed by atoms with van der Waals surface area (Å²) < 4.78 is 0. The molecular weight excluding hydrogens is 216 g/mol. The van der Waals surface area contributed by atoms with Crippen molar-refractivity contribution in [2.75, 3.05) is 13.6 Å². The standard InChI is InChI=1S/C10H15ClN2O2/c1-10(2,15)6-13(3)9(14)8-4-7(11)5-12-8/h4-5,12,15H,6H2,1-3H3. The van der Waals surface area contributed by atoms with Crippen molar-refractivity contribution < 1.29 is 9.90 Å². The van der Waals surface area contributed by atoms with Crippen LogP contribution in [0.4, 0.5) is 0 Å². The smallest absolute Gasteiger partial charge is 0.270 e. The molecule has 0 saturated heterocycles. The summed E-state index contributed by atoms with van der Waals surface area (Å²) in [5.74, 6) is -0.191. The van der Waals surface area contributed by atoms with Gasteiger partial charge >= 0.3 is 0 Å². The maximum absolute atomic E-state index is 11.8. The van der Waals surface area contributed by atoms with Crippen molar-refractivity contribution in [3.8, 4) is 0 Å². The Kier molecular flexibility index (Phi) is 3.42. The summed E-state index contributed by atoms with van der Waals surface area (Å²) in [5.41, 5.74) is -0.479. The zero-order chi connectivity index (χ0) is 11.6. The van der Waals surface area contributed by atoms with E-state index in [1.54, 1.807) is 33.2 Å². The second-order valence-electron chi connectivity index (χ2n) is 4.21. The summed E-state index contributed by atoms with van der Waals surface area (Å²) in [4.78, 5) is 16.0. The van der Waals surface area contributed by atoms with Crippen molar-refractivity contribution in [3.63, 3.8) is 0 Å². The SMILES string of the molecule is CN(CC(C)(C)O)C(=O)c1cc(Cl)c[nH]1. The Balaban J connectivity index is 2.69. The van der Waals surface area contributed by atoms with Gasteiger partial charge in [0.1, 0.15) is 5.69 Å². The molecule has 0 bridgehead atoms. The molecule has 0 saturated carbocycles. The molecule has 0 aliphatic carbocycles. The molecule has 1 aromatic heterocycles. The van der Waals surface area contributed by atoms with Crippen LogP contribution in [0.1, 0.15) is 24.3 Å². The molecule has 1 rings (SSSR count). The number of likely N-dealkylation sites (N-methyl/N-ethyl adjacent to an activating group) is 1. The predicted octanol–water partition coefficient (Wildman–Crippen LogP) is 1.51. The highest BCUT2D eigenvalue weighted by Gasteiger charge is 2.20. The van der Waals surface area contributed by atoms with Gasteiger partial charge in [0.2, 0.25) is 0 Å². The average Bonchev–Trinajstić information content (AvgIpc) is 2.47. The molecule has 1 amide bonds. The van der Waals surface area contributed by atoms with Crippen molar-refractivity contribution in [2.24, 2.45) is 0 Å². The molecule has 0 spiro atoms. The van der Waals surface area contributed by atoms with Crippen molar-refractivity contribution >= 4 is 17.5 Å². The Hall–Kier alpha value is -1.00. The average molecular weight is 231 g/mol. The van der Waals surface area contributed by atoms with Gasteiger partial charge in [0.15, 0.2) is 0 Å². The van der Waals surface area contributed by atoms with E-state index in [1.165, 1.54) is 4.90 Å². The lowest BCUT2D eigenvalue weighted by molar-refractivity contribution is 0.0365. The number of aromatic amines is 1. The fraction of sp³-hybridized carbons (Fsp3) is 0.500. The molecule has 0 radical (unpaired) electrons. The first-order chi connectivity index (χ1) is 6.79. The number of aromatic nitrogens is 1. The molecule has 4 nitrogen and oxygen atoms in total. The van der Waals surface area contributed by atoms with E-state index in [0.29, 0.717) is 10.7 Å². The fourth-order valence-electron chi connectivity index (χ4n) is 1.35. The minimum absolute atomic E-state index is 0.191. The Morgan fingerprint density at radius 2 is 2.27 bits per heavy atom. The van der Waals surface area contributed by atoms with Gasteiger partial charge in [0.05, 0.1) is 10.6 Å². The quantitative estimate of drug-likeness (QED) is 0.827. The molecular formula is C10H15ClN2O2. The maximum atomic E-state index is 11.8. The van der Waals surface area contributed by atoms with Crippen LogP contribution in [0.15, 0.2) is 12.3 Å². The van der Waals surface area contributed by atoms with Crippen LogP contribution in [0.2, 0.25) is 5.02 Å². The number of hydrogen-bond donors (Lipinski definition) is 2. The first-order valence-corrected chi connectivity index (χ1v) is 4.99. The minimum atomic E-state index is -0.902. The third-order valence-electron chi connectivity index (χ3n) is 1.85. The number of halogens is 1. The van der Waals surface area contributed by atoms with E-state index in [4.69, 9.17) is 11.6 Å². The highest BCUT2D eigenvalue weighted by Crippen LogP contribution is 2.12. The zero-order valence-corrected chi connectivity index (χ0v) is 9.80. The Morgan fingerprint density at radius 1 is 1.67 bits per heavy atom. The van der Waals surface area contributed by atoms with Crippen molar-refractivity contribution in [1.29, 1.82) is 0 Å². The highest BCUT2D eigenvalue weighted by atomic mass is 35.5. The van der Waals surface area contributed by atoms with E-state index in [0.717, 1.165) is 0 Å². The predicted molar refractivity (Wildman–Crippen MR) is 59.1 cm³/mol. The van der Waals surface area contributed by atoms with Gasteiger partial charge in [-0.15, -0.1) is 0 Å². The zero-order valence-electron chi connectivity index (χ0n) is 9.04. The van der Waals surface area contributed by atoms with Crippen LogP contribution in [-0.4, -0.2) is 40.1 Å². The molecule has 5 heteroatoms. The van der Waals surface area contributed by atoms with Crippen molar-refractivity contribution in [3.05, 3.63) is 23.0 Å². The molecule has 1 heterocycles. The number of nitrogens with zero attached hydrogens (tertiary/aromatic N) is 1. The number of amides is 1. The number of rotatable bonds is 3. The van der Waals surface area contributed by atoms with E-state index < -0.39 is 5.60 Å². The fourth-order valence-corrected chi connectivity index (χ4v) is 1.51. The van der Waals surface area contributed by atoms with E-state index in [9.17, 15) is 9.90 Å². The number of carbonyl (C=O) groups is 1. The van der Waals surface area contributed by atoms with Gasteiger partial charge in [-0.1, -0.05) is 11.6 Å². The lowest BCUT2D eigenvalue weighted by Gasteiger charge is -2.25. The van der Waals surface area contributed by atoms with Crippen LogP contribution in [0, 0.1) is 0 Å². The third-order valence-corrected chi connectivity index (χ3v) is 2.07. The topological polar surface area (TPSA) is 56.3 Å². The molecule has 1 aromatic rings. The largest absolute Gasteiger partial charge is 0.389 e. The number of carbonyl (C=O) groups excluding carboxylic acids is 1. The molecule has 0 fully saturated rings. The van der Waals surface area contributed by atoms with Crippen molar-refractivity contribution in [2.45, 2.75) is 19.4 Å². The lowest BCUT2D eigenvalue weighted by atomic mass is 10.1. The van der Waals surface area contributed by atoms with E-state index in [2.05, 4.69) is 4.98 Å². The van der Waals surface area contributed by atoms with Crippen LogP contribution >= 0.6 is 11.6 Å². The second-order valence-corrected chi connectivity index (χ2v) is 4.64. The van der Waals surface area contributed by atoms with Gasteiger partial charge in [0.25, 0.3) is 5.91 Å². The summed E-state index contributed by atoms with van der Waals surface area (Å²) in [6.45, 7) is 3.57. The van der Waals surface area contributed by atoms with Gasteiger partial charge in [-0.05, 0) is 19.9 Å². The molecule has 84 valence electrons. The molecule has 0 aliphatic rings. The monoisotopic (exact) mass is 230 g/mol. The van der Waals surface area contributed by atoms with E-state index in [1.807, 2.05) is 0 Å². The molecule has 0 aliphatic heterocycles. The minimum Gasteiger partial charge on any atom is -0.389 e. The van der Waals surface area contributed by atoms with Gasteiger partial charge in [0, 0.05) is 19.8 Å². The van der Waals surface area contributed by atoms with Crippen LogP contribution < -0.4 is 0 Å². The molecule has 0 aromatic carbocycles. The third kappa shape index (κ3) is 3.57. The lowest BCUT2D eigenvalue weighted by Crippen LogP contribution is -2.39. The second kappa shape index (κ2) is 4.24. The van der Waals surface area contributed by atoms with Crippen LogP contribution in [0.3, 0.4) is 0 Å². The first-order valence-electron chi connectivity index (χ1n) is 4.61. The Labute approximate surface area is 93.8 Å².